The van der Waals surface area contributed by atoms with Gasteiger partial charge in [-0.15, -0.1) is 0 Å². The molecule has 0 saturated heterocycles. The van der Waals surface area contributed by atoms with Crippen LogP contribution in [-0.4, -0.2) is 20.8 Å². The van der Waals surface area contributed by atoms with Gasteiger partial charge in [0.15, 0.2) is 0 Å². The average molecular weight is 237 g/mol. The fourth-order valence-electron chi connectivity index (χ4n) is 2.75. The number of aryl methyl sites for hydroxylation is 1. The van der Waals surface area contributed by atoms with E-state index in [4.69, 9.17) is 5.84 Å². The summed E-state index contributed by atoms with van der Waals surface area (Å²) in [5, 5.41) is 4.10. The Balaban J connectivity index is 1.95. The summed E-state index contributed by atoms with van der Waals surface area (Å²) in [6, 6.07) is 0.324. The molecule has 1 aromatic rings. The fourth-order valence-corrected chi connectivity index (χ4v) is 2.75. The second kappa shape index (κ2) is 5.60. The van der Waals surface area contributed by atoms with Gasteiger partial charge in [0, 0.05) is 19.5 Å². The quantitative estimate of drug-likeness (QED) is 0.606. The molecule has 5 nitrogen and oxygen atoms in total. The lowest BCUT2D eigenvalue weighted by Crippen LogP contribution is -2.44. The third kappa shape index (κ3) is 3.04. The van der Waals surface area contributed by atoms with Crippen LogP contribution in [0.25, 0.3) is 0 Å². The van der Waals surface area contributed by atoms with Crippen LogP contribution < -0.4 is 11.3 Å². The van der Waals surface area contributed by atoms with Crippen LogP contribution in [0.4, 0.5) is 0 Å². The Morgan fingerprint density at radius 1 is 1.47 bits per heavy atom. The van der Waals surface area contributed by atoms with Crippen molar-refractivity contribution in [3.63, 3.8) is 0 Å². The van der Waals surface area contributed by atoms with Gasteiger partial charge in [0.1, 0.15) is 12.2 Å². The summed E-state index contributed by atoms with van der Waals surface area (Å²) in [5.41, 5.74) is 2.97. The molecule has 0 aliphatic heterocycles. The predicted octanol–water partition coefficient (Wildman–Crippen LogP) is 1.02. The van der Waals surface area contributed by atoms with Crippen molar-refractivity contribution >= 4 is 0 Å². The lowest BCUT2D eigenvalue weighted by atomic mass is 9.78. The highest BCUT2D eigenvalue weighted by atomic mass is 15.3. The molecule has 1 saturated carbocycles. The number of aromatic nitrogens is 3. The van der Waals surface area contributed by atoms with E-state index >= 15 is 0 Å². The van der Waals surface area contributed by atoms with Gasteiger partial charge in [-0.1, -0.05) is 19.8 Å². The molecule has 0 radical (unpaired) electrons. The molecule has 0 amide bonds. The van der Waals surface area contributed by atoms with Crippen LogP contribution in [0.5, 0.6) is 0 Å². The van der Waals surface area contributed by atoms with Crippen LogP contribution in [-0.2, 0) is 13.5 Å². The first-order valence-corrected chi connectivity index (χ1v) is 6.49. The Kier molecular flexibility index (Phi) is 4.12. The minimum Gasteiger partial charge on any atom is -0.271 e. The predicted molar refractivity (Wildman–Crippen MR) is 66.9 cm³/mol. The molecular formula is C12H23N5. The Hall–Kier alpha value is -0.940. The van der Waals surface area contributed by atoms with E-state index in [1.807, 2.05) is 11.7 Å². The van der Waals surface area contributed by atoms with Crippen molar-refractivity contribution in [1.82, 2.24) is 20.2 Å². The average Bonchev–Trinajstić information content (AvgIpc) is 2.73. The largest absolute Gasteiger partial charge is 0.271 e. The van der Waals surface area contributed by atoms with Crippen molar-refractivity contribution in [2.24, 2.45) is 24.7 Å². The van der Waals surface area contributed by atoms with Crippen LogP contribution in [0.2, 0.25) is 0 Å². The molecule has 5 heteroatoms. The van der Waals surface area contributed by atoms with Crippen molar-refractivity contribution in [3.8, 4) is 0 Å². The summed E-state index contributed by atoms with van der Waals surface area (Å²) in [7, 11) is 1.93. The van der Waals surface area contributed by atoms with Crippen LogP contribution in [0.1, 0.15) is 38.4 Å². The maximum atomic E-state index is 5.70. The van der Waals surface area contributed by atoms with E-state index in [9.17, 15) is 0 Å². The normalized spacial score (nSPS) is 27.0. The summed E-state index contributed by atoms with van der Waals surface area (Å²) in [4.78, 5) is 4.27. The Morgan fingerprint density at radius 2 is 2.18 bits per heavy atom. The van der Waals surface area contributed by atoms with E-state index in [0.29, 0.717) is 12.0 Å². The van der Waals surface area contributed by atoms with Crippen molar-refractivity contribution in [3.05, 3.63) is 12.2 Å². The molecule has 1 fully saturated rings. The maximum Gasteiger partial charge on any atom is 0.138 e. The van der Waals surface area contributed by atoms with Gasteiger partial charge in [-0.25, -0.2) is 4.98 Å². The molecule has 1 unspecified atom stereocenters. The SMILES string of the molecule is CC1CCC(C(Cc2ncnn2C)NN)CC1. The molecule has 1 heterocycles. The van der Waals surface area contributed by atoms with Crippen molar-refractivity contribution in [2.45, 2.75) is 45.1 Å². The maximum absolute atomic E-state index is 5.70. The third-order valence-corrected chi connectivity index (χ3v) is 4.05. The molecule has 1 aromatic heterocycles. The highest BCUT2D eigenvalue weighted by Gasteiger charge is 2.26. The highest BCUT2D eigenvalue weighted by molar-refractivity contribution is 4.92. The Labute approximate surface area is 103 Å². The van der Waals surface area contributed by atoms with Gasteiger partial charge in [-0.2, -0.15) is 5.10 Å². The summed E-state index contributed by atoms with van der Waals surface area (Å²) in [5.74, 6) is 8.25. The molecule has 0 spiro atoms. The number of hydrogen-bond acceptors (Lipinski definition) is 4. The molecule has 17 heavy (non-hydrogen) atoms. The second-order valence-corrected chi connectivity index (χ2v) is 5.30. The van der Waals surface area contributed by atoms with E-state index in [2.05, 4.69) is 22.4 Å². The number of nitrogens with two attached hydrogens (primary N) is 1. The molecule has 0 bridgehead atoms. The van der Waals surface area contributed by atoms with Gasteiger partial charge in [0.05, 0.1) is 0 Å². The smallest absolute Gasteiger partial charge is 0.138 e. The van der Waals surface area contributed by atoms with Crippen LogP contribution >= 0.6 is 0 Å². The second-order valence-electron chi connectivity index (χ2n) is 5.30. The van der Waals surface area contributed by atoms with Gasteiger partial charge >= 0.3 is 0 Å². The lowest BCUT2D eigenvalue weighted by molar-refractivity contribution is 0.227. The number of rotatable bonds is 4. The van der Waals surface area contributed by atoms with Crippen molar-refractivity contribution in [1.29, 1.82) is 0 Å². The van der Waals surface area contributed by atoms with Crippen LogP contribution in [0.3, 0.4) is 0 Å². The number of hydrogen-bond donors (Lipinski definition) is 2. The van der Waals surface area contributed by atoms with Gasteiger partial charge in [0.25, 0.3) is 0 Å². The minimum atomic E-state index is 0.324. The first-order chi connectivity index (χ1) is 8.20. The fraction of sp³-hybridized carbons (Fsp3) is 0.833. The van der Waals surface area contributed by atoms with Crippen molar-refractivity contribution in [2.75, 3.05) is 0 Å². The zero-order valence-electron chi connectivity index (χ0n) is 10.8. The summed E-state index contributed by atoms with van der Waals surface area (Å²) < 4.78 is 1.83. The summed E-state index contributed by atoms with van der Waals surface area (Å²) in [6.45, 7) is 2.34. The Morgan fingerprint density at radius 3 is 2.71 bits per heavy atom. The standard InChI is InChI=1S/C12H23N5/c1-9-3-5-10(6-4-9)11(16-13)7-12-14-8-15-17(12)2/h8-11,16H,3-7,13H2,1-2H3. The molecular weight excluding hydrogens is 214 g/mol. The van der Waals surface area contributed by atoms with Crippen LogP contribution in [0, 0.1) is 11.8 Å². The topological polar surface area (TPSA) is 68.8 Å². The highest BCUT2D eigenvalue weighted by Crippen LogP contribution is 2.31. The van der Waals surface area contributed by atoms with Crippen molar-refractivity contribution < 1.29 is 0 Å². The Bertz CT molecular complexity index is 340. The molecule has 1 aliphatic rings. The molecule has 0 aromatic carbocycles. The zero-order valence-corrected chi connectivity index (χ0v) is 10.8. The van der Waals surface area contributed by atoms with E-state index in [1.54, 1.807) is 6.33 Å². The van der Waals surface area contributed by atoms with E-state index < -0.39 is 0 Å². The van der Waals surface area contributed by atoms with Gasteiger partial charge in [0.2, 0.25) is 0 Å². The van der Waals surface area contributed by atoms with Gasteiger partial charge < -0.3 is 0 Å². The van der Waals surface area contributed by atoms with Gasteiger partial charge in [-0.05, 0) is 24.7 Å². The summed E-state index contributed by atoms with van der Waals surface area (Å²) in [6.07, 6.45) is 7.66. The number of nitrogens with one attached hydrogen (secondary N) is 1. The monoisotopic (exact) mass is 237 g/mol. The first-order valence-electron chi connectivity index (χ1n) is 6.49. The van der Waals surface area contributed by atoms with E-state index in [-0.39, 0.29) is 0 Å². The molecule has 2 rings (SSSR count). The minimum absolute atomic E-state index is 0.324. The molecule has 1 atom stereocenters. The lowest BCUT2D eigenvalue weighted by Gasteiger charge is -2.32. The van der Waals surface area contributed by atoms with Crippen LogP contribution in [0.15, 0.2) is 6.33 Å². The van der Waals surface area contributed by atoms with E-state index in [1.165, 1.54) is 25.7 Å². The molecule has 1 aliphatic carbocycles. The number of hydrazine groups is 1. The first kappa shape index (κ1) is 12.5. The third-order valence-electron chi connectivity index (χ3n) is 4.05. The zero-order chi connectivity index (χ0) is 12.3. The summed E-state index contributed by atoms with van der Waals surface area (Å²) >= 11 is 0. The molecule has 96 valence electrons. The number of nitrogens with zero attached hydrogens (tertiary/aromatic N) is 3. The van der Waals surface area contributed by atoms with E-state index in [0.717, 1.165) is 18.2 Å². The molecule has 3 N–H and O–H groups in total. The van der Waals surface area contributed by atoms with Gasteiger partial charge in [-0.3, -0.25) is 16.0 Å².